The Morgan fingerprint density at radius 2 is 2.12 bits per heavy atom. The van der Waals surface area contributed by atoms with Crippen molar-refractivity contribution in [3.05, 3.63) is 52.0 Å². The van der Waals surface area contributed by atoms with E-state index in [1.54, 1.807) is 18.2 Å². The number of aryl methyl sites for hydroxylation is 1. The van der Waals surface area contributed by atoms with Crippen LogP contribution in [0.3, 0.4) is 0 Å². The van der Waals surface area contributed by atoms with Crippen LogP contribution in [0.15, 0.2) is 41.9 Å². The Kier molecular flexibility index (Phi) is 4.71. The molecule has 9 heteroatoms. The van der Waals surface area contributed by atoms with Gasteiger partial charge in [-0.3, -0.25) is 0 Å². The first-order chi connectivity index (χ1) is 11.8. The molecule has 0 atom stereocenters. The molecule has 0 aliphatic heterocycles. The fourth-order valence-electron chi connectivity index (χ4n) is 2.36. The molecule has 25 heavy (non-hydrogen) atoms. The fourth-order valence-corrected chi connectivity index (χ4v) is 4.35. The summed E-state index contributed by atoms with van der Waals surface area (Å²) in [7, 11) is 1.42. The number of amides is 1. The fraction of sp³-hybridized carbons (Fsp3) is 0.250. The van der Waals surface area contributed by atoms with Gasteiger partial charge >= 0.3 is 146 Å². The summed E-state index contributed by atoms with van der Waals surface area (Å²) in [6.07, 6.45) is -0.400. The van der Waals surface area contributed by atoms with Crippen molar-refractivity contribution in [1.82, 2.24) is 15.1 Å². The van der Waals surface area contributed by atoms with Crippen molar-refractivity contribution in [3.63, 3.8) is 0 Å². The van der Waals surface area contributed by atoms with Crippen LogP contribution in [0.5, 0.6) is 0 Å². The monoisotopic (exact) mass is 419 g/mol. The van der Waals surface area contributed by atoms with Gasteiger partial charge in [0, 0.05) is 0 Å². The molecule has 0 bridgehead atoms. The first-order valence-electron chi connectivity index (χ1n) is 7.33. The standard InChI is InChI=1S/C16H13F4N3OSe/c1-23-11(8-14(22-23)16(18,19)20)12-6-7-13(25-12)15(24)21-10-5-3-2-4-9(10)17/h3,5-8H,2,4H2,1H3,(H,21,24). The number of carbonyl (C=O) groups excluding carboxylic acids is 1. The Labute approximate surface area is 146 Å². The summed E-state index contributed by atoms with van der Waals surface area (Å²) in [5.74, 6) is -0.822. The van der Waals surface area contributed by atoms with E-state index in [4.69, 9.17) is 0 Å². The summed E-state index contributed by atoms with van der Waals surface area (Å²) >= 11 is -0.490. The normalized spacial score (nSPS) is 14.9. The quantitative estimate of drug-likeness (QED) is 0.614. The van der Waals surface area contributed by atoms with E-state index >= 15 is 0 Å². The van der Waals surface area contributed by atoms with E-state index in [9.17, 15) is 22.4 Å². The molecule has 0 saturated carbocycles. The van der Waals surface area contributed by atoms with Gasteiger partial charge in [-0.1, -0.05) is 0 Å². The Morgan fingerprint density at radius 1 is 1.36 bits per heavy atom. The van der Waals surface area contributed by atoms with Crippen molar-refractivity contribution >= 4 is 20.4 Å². The number of allylic oxidation sites excluding steroid dienone is 3. The predicted molar refractivity (Wildman–Crippen MR) is 84.6 cm³/mol. The number of rotatable bonds is 3. The van der Waals surface area contributed by atoms with Gasteiger partial charge < -0.3 is 0 Å². The van der Waals surface area contributed by atoms with E-state index in [0.29, 0.717) is 21.0 Å². The van der Waals surface area contributed by atoms with E-state index in [2.05, 4.69) is 10.4 Å². The summed E-state index contributed by atoms with van der Waals surface area (Å²) < 4.78 is 54.1. The van der Waals surface area contributed by atoms with Gasteiger partial charge in [0.05, 0.1) is 0 Å². The molecular weight excluding hydrogens is 405 g/mol. The van der Waals surface area contributed by atoms with Gasteiger partial charge in [0.15, 0.2) is 0 Å². The number of halogens is 4. The van der Waals surface area contributed by atoms with E-state index < -0.39 is 32.3 Å². The molecule has 0 radical (unpaired) electrons. The average Bonchev–Trinajstić information content (AvgIpc) is 3.15. The summed E-state index contributed by atoms with van der Waals surface area (Å²) in [5, 5.41) is 5.99. The molecule has 3 rings (SSSR count). The average molecular weight is 418 g/mol. The van der Waals surface area contributed by atoms with E-state index in [0.717, 1.165) is 10.7 Å². The number of carbonyl (C=O) groups is 1. The van der Waals surface area contributed by atoms with Crippen molar-refractivity contribution in [2.75, 3.05) is 0 Å². The third-order valence-electron chi connectivity index (χ3n) is 3.61. The SMILES string of the molecule is Cn1nc(C(F)(F)F)cc1-c1ccc(C(=O)NC2=C(F)CCC=C2)[se]1. The van der Waals surface area contributed by atoms with Gasteiger partial charge in [0.25, 0.3) is 0 Å². The molecule has 4 nitrogen and oxygen atoms in total. The predicted octanol–water partition coefficient (Wildman–Crippen LogP) is 3.42. The third-order valence-corrected chi connectivity index (χ3v) is 5.93. The second-order valence-corrected chi connectivity index (χ2v) is 7.69. The number of nitrogens with zero attached hydrogens (tertiary/aromatic N) is 2. The van der Waals surface area contributed by atoms with Crippen LogP contribution in [0.1, 0.15) is 27.8 Å². The van der Waals surface area contributed by atoms with Crippen LogP contribution in [-0.4, -0.2) is 30.2 Å². The maximum absolute atomic E-state index is 13.7. The Hall–Kier alpha value is -2.12. The minimum absolute atomic E-state index is 0.140. The van der Waals surface area contributed by atoms with Gasteiger partial charge in [-0.2, -0.15) is 0 Å². The summed E-state index contributed by atoms with van der Waals surface area (Å²) in [4.78, 5) is 12.3. The Bertz CT molecular complexity index is 876. The first-order valence-corrected chi connectivity index (χ1v) is 9.05. The number of nitrogens with one attached hydrogen (secondary N) is 1. The Balaban J connectivity index is 1.82. The van der Waals surface area contributed by atoms with Crippen LogP contribution in [-0.2, 0) is 13.2 Å². The molecule has 0 spiro atoms. The molecule has 0 fully saturated rings. The third kappa shape index (κ3) is 3.77. The minimum atomic E-state index is -4.52. The number of aromatic nitrogens is 2. The zero-order valence-corrected chi connectivity index (χ0v) is 14.7. The summed E-state index contributed by atoms with van der Waals surface area (Å²) in [5.41, 5.74) is -0.519. The molecule has 2 aromatic heterocycles. The van der Waals surface area contributed by atoms with E-state index in [1.807, 2.05) is 0 Å². The van der Waals surface area contributed by atoms with Crippen LogP contribution in [0.2, 0.25) is 0 Å². The van der Waals surface area contributed by atoms with Crippen molar-refractivity contribution in [1.29, 1.82) is 0 Å². The number of hydrogen-bond acceptors (Lipinski definition) is 2. The Morgan fingerprint density at radius 3 is 2.76 bits per heavy atom. The van der Waals surface area contributed by atoms with Crippen molar-refractivity contribution in [3.8, 4) is 10.1 Å². The van der Waals surface area contributed by atoms with Crippen LogP contribution in [0.25, 0.3) is 10.1 Å². The van der Waals surface area contributed by atoms with Gasteiger partial charge in [-0.05, 0) is 0 Å². The van der Waals surface area contributed by atoms with Crippen molar-refractivity contribution in [2.45, 2.75) is 19.0 Å². The van der Waals surface area contributed by atoms with Gasteiger partial charge in [0.2, 0.25) is 0 Å². The summed E-state index contributed by atoms with van der Waals surface area (Å²) in [6.45, 7) is 0. The van der Waals surface area contributed by atoms with Crippen molar-refractivity contribution < 1.29 is 22.4 Å². The van der Waals surface area contributed by atoms with Gasteiger partial charge in [-0.15, -0.1) is 0 Å². The zero-order valence-electron chi connectivity index (χ0n) is 13.0. The van der Waals surface area contributed by atoms with Gasteiger partial charge in [0.1, 0.15) is 0 Å². The molecule has 1 aliphatic rings. The van der Waals surface area contributed by atoms with E-state index in [-0.39, 0.29) is 17.9 Å². The van der Waals surface area contributed by atoms with Crippen LogP contribution in [0.4, 0.5) is 17.6 Å². The van der Waals surface area contributed by atoms with Crippen LogP contribution in [0, 0.1) is 0 Å². The number of alkyl halides is 3. The number of hydrogen-bond donors (Lipinski definition) is 1. The molecule has 0 unspecified atom stereocenters. The van der Waals surface area contributed by atoms with Crippen LogP contribution < -0.4 is 5.32 Å². The topological polar surface area (TPSA) is 46.9 Å². The molecule has 0 aromatic carbocycles. The van der Waals surface area contributed by atoms with Crippen molar-refractivity contribution in [2.24, 2.45) is 7.05 Å². The second kappa shape index (κ2) is 6.65. The second-order valence-electron chi connectivity index (χ2n) is 5.41. The molecule has 0 saturated heterocycles. The first kappa shape index (κ1) is 17.7. The van der Waals surface area contributed by atoms with E-state index in [1.165, 1.54) is 13.1 Å². The molecule has 1 amide bonds. The maximum atomic E-state index is 13.7. The zero-order chi connectivity index (χ0) is 18.2. The molecule has 2 aromatic rings. The molecule has 2 heterocycles. The molecular formula is C16H13F4N3OSe. The summed E-state index contributed by atoms with van der Waals surface area (Å²) in [6, 6.07) is 4.12. The van der Waals surface area contributed by atoms with Crippen LogP contribution >= 0.6 is 0 Å². The van der Waals surface area contributed by atoms with Gasteiger partial charge in [-0.25, -0.2) is 0 Å². The molecule has 132 valence electrons. The molecule has 1 N–H and O–H groups in total. The molecule has 1 aliphatic carbocycles.